The van der Waals surface area contributed by atoms with Gasteiger partial charge in [0.1, 0.15) is 6.04 Å². The van der Waals surface area contributed by atoms with Gasteiger partial charge in [-0.3, -0.25) is 10.1 Å². The van der Waals surface area contributed by atoms with E-state index in [1.807, 2.05) is 0 Å². The Balaban J connectivity index is 2.41. The highest BCUT2D eigenvalue weighted by Gasteiger charge is 2.33. The van der Waals surface area contributed by atoms with E-state index in [4.69, 9.17) is 5.11 Å². The van der Waals surface area contributed by atoms with Crippen molar-refractivity contribution in [3.63, 3.8) is 0 Å². The molecule has 0 radical (unpaired) electrons. The molecule has 1 heterocycles. The molecule has 3 nitrogen and oxygen atoms in total. The van der Waals surface area contributed by atoms with Gasteiger partial charge in [-0.25, -0.2) is 8.78 Å². The molecule has 1 rings (SSSR count). The highest BCUT2D eigenvalue weighted by Crippen LogP contribution is 2.17. The van der Waals surface area contributed by atoms with Crippen LogP contribution in [0.5, 0.6) is 0 Å². The molecule has 0 amide bonds. The van der Waals surface area contributed by atoms with Crippen LogP contribution in [0.2, 0.25) is 0 Å². The van der Waals surface area contributed by atoms with Crippen LogP contribution in [-0.4, -0.2) is 29.6 Å². The van der Waals surface area contributed by atoms with Crippen LogP contribution in [0, 0.1) is 0 Å². The normalized spacial score (nSPS) is 31.2. The van der Waals surface area contributed by atoms with E-state index in [1.54, 1.807) is 0 Å². The number of hydrogen-bond donors (Lipinski definition) is 2. The summed E-state index contributed by atoms with van der Waals surface area (Å²) in [6.45, 7) is 0. The van der Waals surface area contributed by atoms with Crippen LogP contribution in [0.25, 0.3) is 0 Å². The molecule has 2 N–H and O–H groups in total. The predicted octanol–water partition coefficient (Wildman–Crippen LogP) is 0.457. The zero-order chi connectivity index (χ0) is 8.43. The summed E-state index contributed by atoms with van der Waals surface area (Å²) in [5.74, 6) is -1.05. The van der Waals surface area contributed by atoms with Gasteiger partial charge < -0.3 is 5.11 Å². The predicted molar refractivity (Wildman–Crippen MR) is 33.6 cm³/mol. The van der Waals surface area contributed by atoms with Crippen molar-refractivity contribution in [3.8, 4) is 0 Å². The molecule has 1 aliphatic heterocycles. The average molecular weight is 165 g/mol. The third-order valence-corrected chi connectivity index (χ3v) is 1.78. The molecule has 0 aromatic heterocycles. The summed E-state index contributed by atoms with van der Waals surface area (Å²) in [5, 5.41) is 10.7. The van der Waals surface area contributed by atoms with E-state index in [9.17, 15) is 13.6 Å². The van der Waals surface area contributed by atoms with E-state index in [1.165, 1.54) is 0 Å². The Hall–Kier alpha value is -0.710. The van der Waals surface area contributed by atoms with Gasteiger partial charge in [-0.05, 0) is 12.8 Å². The first-order chi connectivity index (χ1) is 5.11. The second-order valence-corrected chi connectivity index (χ2v) is 2.58. The molecular formula is C6H9F2NO2. The molecule has 0 spiro atoms. The minimum atomic E-state index is -2.46. The lowest BCUT2D eigenvalue weighted by atomic mass is 10.2. The van der Waals surface area contributed by atoms with Crippen molar-refractivity contribution in [1.29, 1.82) is 0 Å². The maximum atomic E-state index is 11.9. The van der Waals surface area contributed by atoms with Gasteiger partial charge in [-0.2, -0.15) is 0 Å². The summed E-state index contributed by atoms with van der Waals surface area (Å²) in [7, 11) is 0. The second-order valence-electron chi connectivity index (χ2n) is 2.58. The van der Waals surface area contributed by atoms with E-state index in [-0.39, 0.29) is 6.42 Å². The lowest BCUT2D eigenvalue weighted by molar-refractivity contribution is -0.139. The molecule has 0 aromatic carbocycles. The third-order valence-electron chi connectivity index (χ3n) is 1.78. The topological polar surface area (TPSA) is 49.3 Å². The van der Waals surface area contributed by atoms with Crippen molar-refractivity contribution in [2.75, 3.05) is 0 Å². The van der Waals surface area contributed by atoms with E-state index in [0.29, 0.717) is 6.42 Å². The summed E-state index contributed by atoms with van der Waals surface area (Å²) < 4.78 is 23.8. The molecule has 0 saturated carbocycles. The fourth-order valence-corrected chi connectivity index (χ4v) is 1.16. The highest BCUT2D eigenvalue weighted by atomic mass is 19.3. The number of carboxylic acids is 1. The average Bonchev–Trinajstić information content (AvgIpc) is 2.33. The van der Waals surface area contributed by atoms with E-state index < -0.39 is 24.5 Å². The zero-order valence-corrected chi connectivity index (χ0v) is 5.76. The van der Waals surface area contributed by atoms with Crippen LogP contribution in [0.4, 0.5) is 8.78 Å². The standard InChI is InChI=1S/C6H9F2NO2/c7-5(8)3-1-2-4(9-3)6(10)11/h3-5,9H,1-2H2,(H,10,11)/t3-,4-/m1/s1. The maximum Gasteiger partial charge on any atom is 0.320 e. The molecule has 64 valence electrons. The first-order valence-corrected chi connectivity index (χ1v) is 3.38. The van der Waals surface area contributed by atoms with Crippen LogP contribution in [0.15, 0.2) is 0 Å². The van der Waals surface area contributed by atoms with Gasteiger partial charge in [-0.1, -0.05) is 0 Å². The number of hydrogen-bond acceptors (Lipinski definition) is 2. The second kappa shape index (κ2) is 3.13. The van der Waals surface area contributed by atoms with Crippen LogP contribution in [0.1, 0.15) is 12.8 Å². The molecule has 1 fully saturated rings. The van der Waals surface area contributed by atoms with Gasteiger partial charge in [-0.15, -0.1) is 0 Å². The molecule has 0 aliphatic carbocycles. The minimum absolute atomic E-state index is 0.245. The van der Waals surface area contributed by atoms with Gasteiger partial charge in [0.25, 0.3) is 6.43 Å². The largest absolute Gasteiger partial charge is 0.480 e. The molecule has 1 aliphatic rings. The monoisotopic (exact) mass is 165 g/mol. The molecule has 0 aromatic rings. The Bertz CT molecular complexity index is 163. The van der Waals surface area contributed by atoms with E-state index in [0.717, 1.165) is 0 Å². The molecule has 0 bridgehead atoms. The number of alkyl halides is 2. The number of carboxylic acid groups (broad SMARTS) is 1. The lowest BCUT2D eigenvalue weighted by Crippen LogP contribution is -2.38. The lowest BCUT2D eigenvalue weighted by Gasteiger charge is -2.09. The van der Waals surface area contributed by atoms with Crippen molar-refractivity contribution >= 4 is 5.97 Å². The maximum absolute atomic E-state index is 11.9. The summed E-state index contributed by atoms with van der Waals surface area (Å²) in [6.07, 6.45) is -1.92. The Morgan fingerprint density at radius 1 is 1.55 bits per heavy atom. The van der Waals surface area contributed by atoms with Crippen molar-refractivity contribution in [1.82, 2.24) is 5.32 Å². The molecular weight excluding hydrogens is 156 g/mol. The van der Waals surface area contributed by atoms with E-state index >= 15 is 0 Å². The van der Waals surface area contributed by atoms with Gasteiger partial charge in [0.05, 0.1) is 6.04 Å². The van der Waals surface area contributed by atoms with Crippen LogP contribution in [0.3, 0.4) is 0 Å². The summed E-state index contributed by atoms with van der Waals surface area (Å²) in [6, 6.07) is -1.72. The van der Waals surface area contributed by atoms with Gasteiger partial charge in [0, 0.05) is 0 Å². The number of carbonyl (C=O) groups is 1. The SMILES string of the molecule is O=C(O)[C@H]1CC[C@H](C(F)F)N1. The van der Waals surface area contributed by atoms with Crippen molar-refractivity contribution < 1.29 is 18.7 Å². The Kier molecular flexibility index (Phi) is 2.38. The Morgan fingerprint density at radius 3 is 2.45 bits per heavy atom. The molecule has 5 heteroatoms. The van der Waals surface area contributed by atoms with Gasteiger partial charge in [0.15, 0.2) is 0 Å². The number of nitrogens with one attached hydrogen (secondary N) is 1. The molecule has 0 unspecified atom stereocenters. The first kappa shape index (κ1) is 8.39. The quantitative estimate of drug-likeness (QED) is 0.624. The number of halogens is 2. The van der Waals surface area contributed by atoms with Crippen molar-refractivity contribution in [3.05, 3.63) is 0 Å². The zero-order valence-electron chi connectivity index (χ0n) is 5.76. The van der Waals surface area contributed by atoms with E-state index in [2.05, 4.69) is 5.32 Å². The van der Waals surface area contributed by atoms with Gasteiger partial charge >= 0.3 is 5.97 Å². The molecule has 11 heavy (non-hydrogen) atoms. The fourth-order valence-electron chi connectivity index (χ4n) is 1.16. The van der Waals surface area contributed by atoms with Crippen molar-refractivity contribution in [2.45, 2.75) is 31.4 Å². The Labute approximate surface area is 62.4 Å². The van der Waals surface area contributed by atoms with Crippen LogP contribution < -0.4 is 5.32 Å². The van der Waals surface area contributed by atoms with Gasteiger partial charge in [0.2, 0.25) is 0 Å². The number of rotatable bonds is 2. The number of aliphatic carboxylic acids is 1. The smallest absolute Gasteiger partial charge is 0.320 e. The molecule has 2 atom stereocenters. The minimum Gasteiger partial charge on any atom is -0.480 e. The summed E-state index contributed by atoms with van der Waals surface area (Å²) in [5.41, 5.74) is 0. The Morgan fingerprint density at radius 2 is 2.18 bits per heavy atom. The van der Waals surface area contributed by atoms with Crippen molar-refractivity contribution in [2.24, 2.45) is 0 Å². The highest BCUT2D eigenvalue weighted by molar-refractivity contribution is 5.73. The van der Waals surface area contributed by atoms with Crippen LogP contribution in [-0.2, 0) is 4.79 Å². The first-order valence-electron chi connectivity index (χ1n) is 3.38. The molecule has 1 saturated heterocycles. The van der Waals surface area contributed by atoms with Crippen LogP contribution >= 0.6 is 0 Å². The summed E-state index contributed by atoms with van der Waals surface area (Å²) >= 11 is 0. The fraction of sp³-hybridized carbons (Fsp3) is 0.833. The third kappa shape index (κ3) is 1.86. The summed E-state index contributed by atoms with van der Waals surface area (Å²) in [4.78, 5) is 10.3.